The molecule has 1 saturated carbocycles. The van der Waals surface area contributed by atoms with Gasteiger partial charge >= 0.3 is 0 Å². The molecule has 0 bridgehead atoms. The van der Waals surface area contributed by atoms with Crippen LogP contribution in [0.4, 0.5) is 0 Å². The van der Waals surface area contributed by atoms with Crippen molar-refractivity contribution >= 4 is 11.8 Å². The second-order valence-electron chi connectivity index (χ2n) is 4.67. The van der Waals surface area contributed by atoms with Crippen LogP contribution in [0.1, 0.15) is 44.0 Å². The molecule has 2 N–H and O–H groups in total. The Labute approximate surface area is 115 Å². The number of nitrogens with two attached hydrogens (primary N) is 1. The highest BCUT2D eigenvalue weighted by atomic mass is 32.2. The first-order chi connectivity index (χ1) is 9.28. The molecule has 0 saturated heterocycles. The van der Waals surface area contributed by atoms with E-state index in [0.717, 1.165) is 22.2 Å². The van der Waals surface area contributed by atoms with Crippen LogP contribution < -0.4 is 5.73 Å². The van der Waals surface area contributed by atoms with E-state index >= 15 is 0 Å². The van der Waals surface area contributed by atoms with Gasteiger partial charge in [-0.25, -0.2) is 4.68 Å². The van der Waals surface area contributed by atoms with E-state index in [4.69, 9.17) is 5.73 Å². The molecule has 100 valence electrons. The summed E-state index contributed by atoms with van der Waals surface area (Å²) in [6, 6.07) is 4.49. The van der Waals surface area contributed by atoms with E-state index in [1.807, 2.05) is 23.0 Å². The fourth-order valence-corrected chi connectivity index (χ4v) is 2.60. The molecule has 1 fully saturated rings. The minimum Gasteiger partial charge on any atom is -0.323 e. The van der Waals surface area contributed by atoms with Crippen molar-refractivity contribution in [2.24, 2.45) is 5.73 Å². The van der Waals surface area contributed by atoms with Gasteiger partial charge in [0.1, 0.15) is 0 Å². The van der Waals surface area contributed by atoms with E-state index in [1.165, 1.54) is 12.8 Å². The molecule has 6 nitrogen and oxygen atoms in total. The molecule has 0 amide bonds. The zero-order valence-electron chi connectivity index (χ0n) is 10.7. The second-order valence-corrected chi connectivity index (χ2v) is 5.71. The number of pyridine rings is 1. The first kappa shape index (κ1) is 12.6. The minimum absolute atomic E-state index is 0.0100. The van der Waals surface area contributed by atoms with Crippen LogP contribution >= 0.6 is 11.8 Å². The van der Waals surface area contributed by atoms with Gasteiger partial charge in [-0.2, -0.15) is 0 Å². The summed E-state index contributed by atoms with van der Waals surface area (Å²) >= 11 is 1.54. The number of aromatic nitrogens is 5. The molecule has 0 aromatic carbocycles. The Morgan fingerprint density at radius 1 is 1.47 bits per heavy atom. The average Bonchev–Trinajstić information content (AvgIpc) is 3.19. The Bertz CT molecular complexity index is 548. The highest BCUT2D eigenvalue weighted by Gasteiger charge is 2.28. The lowest BCUT2D eigenvalue weighted by Crippen LogP contribution is -2.10. The van der Waals surface area contributed by atoms with Crippen molar-refractivity contribution in [3.63, 3.8) is 0 Å². The third-order valence-corrected chi connectivity index (χ3v) is 4.07. The quantitative estimate of drug-likeness (QED) is 0.899. The van der Waals surface area contributed by atoms with Gasteiger partial charge < -0.3 is 5.73 Å². The fourth-order valence-electron chi connectivity index (χ4n) is 1.79. The highest BCUT2D eigenvalue weighted by molar-refractivity contribution is 7.99. The molecule has 2 heterocycles. The summed E-state index contributed by atoms with van der Waals surface area (Å²) in [5, 5.41) is 12.7. The summed E-state index contributed by atoms with van der Waals surface area (Å²) in [7, 11) is 0. The van der Waals surface area contributed by atoms with Crippen LogP contribution in [0.15, 0.2) is 28.4 Å². The molecule has 0 spiro atoms. The fraction of sp³-hybridized carbons (Fsp3) is 0.500. The van der Waals surface area contributed by atoms with Crippen LogP contribution in [0.5, 0.6) is 0 Å². The third kappa shape index (κ3) is 2.76. The molecule has 2 aromatic heterocycles. The average molecular weight is 276 g/mol. The molecule has 7 heteroatoms. The van der Waals surface area contributed by atoms with Crippen molar-refractivity contribution in [2.45, 2.75) is 48.3 Å². The van der Waals surface area contributed by atoms with E-state index in [-0.39, 0.29) is 6.04 Å². The second kappa shape index (κ2) is 5.26. The number of nitrogens with zero attached hydrogens (tertiary/aromatic N) is 5. The lowest BCUT2D eigenvalue weighted by atomic mass is 10.1. The summed E-state index contributed by atoms with van der Waals surface area (Å²) in [5.41, 5.74) is 6.87. The van der Waals surface area contributed by atoms with Gasteiger partial charge in [-0.05, 0) is 53.6 Å². The van der Waals surface area contributed by atoms with Crippen molar-refractivity contribution in [3.8, 4) is 0 Å². The smallest absolute Gasteiger partial charge is 0.214 e. The van der Waals surface area contributed by atoms with Crippen LogP contribution in [0.2, 0.25) is 0 Å². The Balaban J connectivity index is 1.74. The number of rotatable bonds is 5. The highest BCUT2D eigenvalue weighted by Crippen LogP contribution is 2.37. The first-order valence-electron chi connectivity index (χ1n) is 6.45. The van der Waals surface area contributed by atoms with Crippen molar-refractivity contribution in [3.05, 3.63) is 24.0 Å². The Hall–Kier alpha value is -1.47. The maximum absolute atomic E-state index is 5.95. The van der Waals surface area contributed by atoms with Gasteiger partial charge in [0.05, 0.1) is 11.7 Å². The first-order valence-corrected chi connectivity index (χ1v) is 7.27. The minimum atomic E-state index is 0.0100. The van der Waals surface area contributed by atoms with Crippen LogP contribution in [-0.2, 0) is 0 Å². The van der Waals surface area contributed by atoms with E-state index < -0.39 is 0 Å². The molecule has 1 aliphatic carbocycles. The number of hydrogen-bond donors (Lipinski definition) is 1. The normalized spacial score (nSPS) is 16.5. The zero-order valence-corrected chi connectivity index (χ0v) is 11.5. The summed E-state index contributed by atoms with van der Waals surface area (Å²) < 4.78 is 1.90. The van der Waals surface area contributed by atoms with Gasteiger partial charge in [-0.15, -0.1) is 5.10 Å². The summed E-state index contributed by atoms with van der Waals surface area (Å²) in [5.74, 6) is 0. The molecular formula is C12H16N6S. The van der Waals surface area contributed by atoms with Crippen molar-refractivity contribution in [2.75, 3.05) is 0 Å². The van der Waals surface area contributed by atoms with Crippen molar-refractivity contribution < 1.29 is 0 Å². The van der Waals surface area contributed by atoms with Crippen molar-refractivity contribution in [1.29, 1.82) is 0 Å². The lowest BCUT2D eigenvalue weighted by molar-refractivity contribution is 0.565. The van der Waals surface area contributed by atoms with Crippen LogP contribution in [0.25, 0.3) is 0 Å². The topological polar surface area (TPSA) is 82.5 Å². The molecule has 3 rings (SSSR count). The molecule has 1 aliphatic rings. The predicted octanol–water partition coefficient (Wildman–Crippen LogP) is 1.96. The summed E-state index contributed by atoms with van der Waals surface area (Å²) in [6.07, 6.45) is 5.06. The Morgan fingerprint density at radius 2 is 2.32 bits per heavy atom. The maximum Gasteiger partial charge on any atom is 0.214 e. The van der Waals surface area contributed by atoms with E-state index in [1.54, 1.807) is 11.8 Å². The van der Waals surface area contributed by atoms with Gasteiger partial charge in [0, 0.05) is 17.1 Å². The van der Waals surface area contributed by atoms with E-state index in [2.05, 4.69) is 27.4 Å². The van der Waals surface area contributed by atoms with Crippen LogP contribution in [-0.4, -0.2) is 25.2 Å². The van der Waals surface area contributed by atoms with Crippen LogP contribution in [0.3, 0.4) is 0 Å². The monoisotopic (exact) mass is 276 g/mol. The predicted molar refractivity (Wildman–Crippen MR) is 71.7 cm³/mol. The molecule has 0 aliphatic heterocycles. The van der Waals surface area contributed by atoms with Crippen LogP contribution in [0, 0.1) is 0 Å². The standard InChI is InChI=1S/C12H16N6S/c1-2-10(13)11-6-5-9(7-14-11)19-12-15-16-17-18(12)8-3-4-8/h5-8,10H,2-4,13H2,1H3. The molecule has 2 aromatic rings. The summed E-state index contributed by atoms with van der Waals surface area (Å²) in [6.45, 7) is 2.05. The molecule has 0 radical (unpaired) electrons. The Kier molecular flexibility index (Phi) is 3.48. The molecule has 1 atom stereocenters. The zero-order chi connectivity index (χ0) is 13.2. The largest absolute Gasteiger partial charge is 0.323 e. The van der Waals surface area contributed by atoms with Gasteiger partial charge in [0.15, 0.2) is 0 Å². The molecule has 19 heavy (non-hydrogen) atoms. The number of tetrazole rings is 1. The number of hydrogen-bond acceptors (Lipinski definition) is 6. The van der Waals surface area contributed by atoms with Gasteiger partial charge in [0.25, 0.3) is 0 Å². The van der Waals surface area contributed by atoms with Gasteiger partial charge in [-0.1, -0.05) is 6.92 Å². The molecule has 1 unspecified atom stereocenters. The SMILES string of the molecule is CCC(N)c1ccc(Sc2nnnn2C2CC2)cn1. The Morgan fingerprint density at radius 3 is 2.95 bits per heavy atom. The molecular weight excluding hydrogens is 260 g/mol. The lowest BCUT2D eigenvalue weighted by Gasteiger charge is -2.08. The maximum atomic E-state index is 5.95. The van der Waals surface area contributed by atoms with E-state index in [0.29, 0.717) is 6.04 Å². The van der Waals surface area contributed by atoms with E-state index in [9.17, 15) is 0 Å². The van der Waals surface area contributed by atoms with Gasteiger partial charge in [-0.3, -0.25) is 4.98 Å². The van der Waals surface area contributed by atoms with Gasteiger partial charge in [0.2, 0.25) is 5.16 Å². The third-order valence-electron chi connectivity index (χ3n) is 3.14. The summed E-state index contributed by atoms with van der Waals surface area (Å²) in [4.78, 5) is 5.43. The van der Waals surface area contributed by atoms with Crippen molar-refractivity contribution in [1.82, 2.24) is 25.2 Å².